The van der Waals surface area contributed by atoms with Crippen molar-refractivity contribution in [1.82, 2.24) is 10.0 Å². The molecule has 8 heteroatoms. The summed E-state index contributed by atoms with van der Waals surface area (Å²) >= 11 is 3.15. The summed E-state index contributed by atoms with van der Waals surface area (Å²) in [7, 11) is -3.92. The minimum atomic E-state index is -3.92. The molecular formula is C11H15BrF2N2O2S. The van der Waals surface area contributed by atoms with Gasteiger partial charge in [-0.15, -0.1) is 0 Å². The summed E-state index contributed by atoms with van der Waals surface area (Å²) in [6, 6.07) is 4.69. The SMILES string of the molecule is CCNCc1ccc(S(=O)(=O)NCC(F)F)c(Br)c1. The van der Waals surface area contributed by atoms with Gasteiger partial charge in [0.2, 0.25) is 10.0 Å². The second-order valence-electron chi connectivity index (χ2n) is 3.79. The molecule has 4 nitrogen and oxygen atoms in total. The summed E-state index contributed by atoms with van der Waals surface area (Å²) in [6.07, 6.45) is -2.72. The van der Waals surface area contributed by atoms with Crippen molar-refractivity contribution >= 4 is 26.0 Å². The molecule has 0 aliphatic carbocycles. The normalized spacial score (nSPS) is 12.1. The van der Waals surface area contributed by atoms with E-state index in [9.17, 15) is 17.2 Å². The van der Waals surface area contributed by atoms with Crippen molar-refractivity contribution in [3.05, 3.63) is 28.2 Å². The minimum Gasteiger partial charge on any atom is -0.313 e. The highest BCUT2D eigenvalue weighted by Crippen LogP contribution is 2.23. The molecule has 1 aromatic rings. The molecule has 0 aromatic heterocycles. The van der Waals surface area contributed by atoms with Gasteiger partial charge in [-0.05, 0) is 40.2 Å². The van der Waals surface area contributed by atoms with Crippen molar-refractivity contribution in [2.45, 2.75) is 24.8 Å². The van der Waals surface area contributed by atoms with E-state index >= 15 is 0 Å². The molecule has 0 radical (unpaired) electrons. The van der Waals surface area contributed by atoms with E-state index in [2.05, 4.69) is 21.2 Å². The molecule has 0 unspecified atom stereocenters. The quantitative estimate of drug-likeness (QED) is 0.786. The van der Waals surface area contributed by atoms with Crippen LogP contribution in [0.15, 0.2) is 27.6 Å². The van der Waals surface area contributed by atoms with Gasteiger partial charge in [-0.25, -0.2) is 21.9 Å². The zero-order valence-corrected chi connectivity index (χ0v) is 12.7. The summed E-state index contributed by atoms with van der Waals surface area (Å²) in [5.41, 5.74) is 0.904. The minimum absolute atomic E-state index is 0.0478. The van der Waals surface area contributed by atoms with E-state index in [0.717, 1.165) is 12.1 Å². The fourth-order valence-corrected chi connectivity index (χ4v) is 3.52. The number of benzene rings is 1. The Bertz CT molecular complexity index is 523. The predicted octanol–water partition coefficient (Wildman–Crippen LogP) is 2.10. The summed E-state index contributed by atoms with van der Waals surface area (Å²) in [5, 5.41) is 3.10. The van der Waals surface area contributed by atoms with Gasteiger partial charge in [-0.3, -0.25) is 0 Å². The first-order valence-electron chi connectivity index (χ1n) is 5.63. The lowest BCUT2D eigenvalue weighted by atomic mass is 10.2. The molecule has 0 spiro atoms. The fraction of sp³-hybridized carbons (Fsp3) is 0.455. The highest BCUT2D eigenvalue weighted by atomic mass is 79.9. The van der Waals surface area contributed by atoms with E-state index in [1.54, 1.807) is 12.1 Å². The molecule has 0 amide bonds. The molecule has 0 heterocycles. The van der Waals surface area contributed by atoms with E-state index < -0.39 is 23.0 Å². The monoisotopic (exact) mass is 356 g/mol. The van der Waals surface area contributed by atoms with Crippen LogP contribution in [0.2, 0.25) is 0 Å². The molecular weight excluding hydrogens is 342 g/mol. The summed E-state index contributed by atoms with van der Waals surface area (Å²) in [4.78, 5) is -0.0478. The molecule has 19 heavy (non-hydrogen) atoms. The van der Waals surface area contributed by atoms with Crippen molar-refractivity contribution in [3.8, 4) is 0 Å². The van der Waals surface area contributed by atoms with Crippen molar-refractivity contribution < 1.29 is 17.2 Å². The Hall–Kier alpha value is -0.570. The molecule has 0 fully saturated rings. The van der Waals surface area contributed by atoms with Crippen molar-refractivity contribution in [2.24, 2.45) is 0 Å². The highest BCUT2D eigenvalue weighted by Gasteiger charge is 2.19. The largest absolute Gasteiger partial charge is 0.313 e. The molecule has 0 aliphatic heterocycles. The Kier molecular flexibility index (Phi) is 6.31. The summed E-state index contributed by atoms with van der Waals surface area (Å²) in [6.45, 7) is 2.48. The van der Waals surface area contributed by atoms with E-state index in [1.807, 2.05) is 11.6 Å². The van der Waals surface area contributed by atoms with Crippen LogP contribution in [0.3, 0.4) is 0 Å². The zero-order valence-electron chi connectivity index (χ0n) is 10.3. The van der Waals surface area contributed by atoms with Crippen LogP contribution in [0.5, 0.6) is 0 Å². The van der Waals surface area contributed by atoms with Gasteiger partial charge in [-0.1, -0.05) is 13.0 Å². The maximum Gasteiger partial charge on any atom is 0.251 e. The van der Waals surface area contributed by atoms with Crippen molar-refractivity contribution in [3.63, 3.8) is 0 Å². The van der Waals surface area contributed by atoms with E-state index in [0.29, 0.717) is 11.0 Å². The van der Waals surface area contributed by atoms with E-state index in [-0.39, 0.29) is 4.90 Å². The molecule has 0 aliphatic rings. The number of rotatable bonds is 7. The number of hydrogen-bond donors (Lipinski definition) is 2. The third-order valence-corrected chi connectivity index (χ3v) is 4.69. The first-order chi connectivity index (χ1) is 8.86. The summed E-state index contributed by atoms with van der Waals surface area (Å²) < 4.78 is 49.9. The van der Waals surface area contributed by atoms with E-state index in [1.165, 1.54) is 6.07 Å². The molecule has 108 valence electrons. The van der Waals surface area contributed by atoms with Gasteiger partial charge in [0.25, 0.3) is 6.43 Å². The standard InChI is InChI=1S/C11H15BrF2N2O2S/c1-2-15-6-8-3-4-10(9(12)5-8)19(17,18)16-7-11(13)14/h3-5,11,15-16H,2,6-7H2,1H3. The van der Waals surface area contributed by atoms with Gasteiger partial charge < -0.3 is 5.32 Å². The Morgan fingerprint density at radius 2 is 2.05 bits per heavy atom. The molecule has 0 atom stereocenters. The second kappa shape index (κ2) is 7.28. The van der Waals surface area contributed by atoms with Crippen LogP contribution in [0.1, 0.15) is 12.5 Å². The van der Waals surface area contributed by atoms with Gasteiger partial charge in [0.05, 0.1) is 11.4 Å². The van der Waals surface area contributed by atoms with Crippen molar-refractivity contribution in [2.75, 3.05) is 13.1 Å². The van der Waals surface area contributed by atoms with Crippen LogP contribution in [0.25, 0.3) is 0 Å². The van der Waals surface area contributed by atoms with Crippen LogP contribution >= 0.6 is 15.9 Å². The van der Waals surface area contributed by atoms with Gasteiger partial charge in [-0.2, -0.15) is 0 Å². The number of halogens is 3. The average Bonchev–Trinajstić information content (AvgIpc) is 2.34. The smallest absolute Gasteiger partial charge is 0.251 e. The van der Waals surface area contributed by atoms with Gasteiger partial charge in [0.15, 0.2) is 0 Å². The average molecular weight is 357 g/mol. The molecule has 1 rings (SSSR count). The Labute approximate surface area is 119 Å². The van der Waals surface area contributed by atoms with Crippen LogP contribution in [-0.4, -0.2) is 27.9 Å². The molecule has 2 N–H and O–H groups in total. The topological polar surface area (TPSA) is 58.2 Å². The first kappa shape index (κ1) is 16.5. The predicted molar refractivity (Wildman–Crippen MR) is 72.7 cm³/mol. The van der Waals surface area contributed by atoms with Crippen LogP contribution < -0.4 is 10.0 Å². The number of alkyl halides is 2. The Balaban J connectivity index is 2.89. The molecule has 0 saturated carbocycles. The second-order valence-corrected chi connectivity index (χ2v) is 6.38. The number of sulfonamides is 1. The first-order valence-corrected chi connectivity index (χ1v) is 7.91. The molecule has 0 saturated heterocycles. The lowest BCUT2D eigenvalue weighted by molar-refractivity contribution is 0.153. The van der Waals surface area contributed by atoms with Gasteiger partial charge in [0.1, 0.15) is 0 Å². The van der Waals surface area contributed by atoms with Crippen molar-refractivity contribution in [1.29, 1.82) is 0 Å². The number of hydrogen-bond acceptors (Lipinski definition) is 3. The Morgan fingerprint density at radius 3 is 2.58 bits per heavy atom. The van der Waals surface area contributed by atoms with Crippen LogP contribution in [0, 0.1) is 0 Å². The lowest BCUT2D eigenvalue weighted by Crippen LogP contribution is -2.29. The molecule has 0 bridgehead atoms. The zero-order chi connectivity index (χ0) is 14.5. The third kappa shape index (κ3) is 5.13. The fourth-order valence-electron chi connectivity index (χ4n) is 1.39. The van der Waals surface area contributed by atoms with Crippen LogP contribution in [0.4, 0.5) is 8.78 Å². The van der Waals surface area contributed by atoms with Gasteiger partial charge in [0, 0.05) is 11.0 Å². The Morgan fingerprint density at radius 1 is 1.37 bits per heavy atom. The van der Waals surface area contributed by atoms with Gasteiger partial charge >= 0.3 is 0 Å². The molecule has 1 aromatic carbocycles. The maximum absolute atomic E-state index is 12.0. The van der Waals surface area contributed by atoms with E-state index in [4.69, 9.17) is 0 Å². The highest BCUT2D eigenvalue weighted by molar-refractivity contribution is 9.10. The number of nitrogens with one attached hydrogen (secondary N) is 2. The maximum atomic E-state index is 12.0. The van der Waals surface area contributed by atoms with Crippen LogP contribution in [-0.2, 0) is 16.6 Å². The summed E-state index contributed by atoms with van der Waals surface area (Å²) in [5.74, 6) is 0. The third-order valence-electron chi connectivity index (χ3n) is 2.29. The lowest BCUT2D eigenvalue weighted by Gasteiger charge is -2.10.